The van der Waals surface area contributed by atoms with Crippen molar-refractivity contribution in [2.75, 3.05) is 13.6 Å². The molecule has 1 aromatic heterocycles. The van der Waals surface area contributed by atoms with Gasteiger partial charge in [-0.25, -0.2) is 4.79 Å². The van der Waals surface area contributed by atoms with Gasteiger partial charge in [-0.1, -0.05) is 6.07 Å². The number of aromatic nitrogens is 1. The molecule has 0 aromatic carbocycles. The molecule has 1 fully saturated rings. The van der Waals surface area contributed by atoms with Gasteiger partial charge in [0.1, 0.15) is 0 Å². The van der Waals surface area contributed by atoms with E-state index < -0.39 is 12.1 Å². The van der Waals surface area contributed by atoms with Crippen LogP contribution in [0, 0.1) is 0 Å². The van der Waals surface area contributed by atoms with Crippen LogP contribution in [0.25, 0.3) is 0 Å². The van der Waals surface area contributed by atoms with Crippen molar-refractivity contribution in [1.82, 2.24) is 9.88 Å². The number of alkyl halides is 3. The Balaban J connectivity index is 0.000000224. The van der Waals surface area contributed by atoms with Crippen LogP contribution < -0.4 is 0 Å². The third kappa shape index (κ3) is 4.86. The fourth-order valence-corrected chi connectivity index (χ4v) is 1.90. The molecule has 0 bridgehead atoms. The van der Waals surface area contributed by atoms with Crippen LogP contribution in [0.1, 0.15) is 24.4 Å². The van der Waals surface area contributed by atoms with Gasteiger partial charge in [0, 0.05) is 18.4 Å². The van der Waals surface area contributed by atoms with Crippen molar-refractivity contribution in [2.24, 2.45) is 0 Å². The standard InChI is InChI=1S/C10H14N2.C2HF3O2/c1-12-7-3-5-10(12)9-4-2-6-11-8-9;3-2(4,5)1(6)7/h2,4,6,8,10H,3,5,7H2,1H3;(H,6,7). The molecule has 1 aliphatic rings. The van der Waals surface area contributed by atoms with E-state index in [4.69, 9.17) is 9.90 Å². The van der Waals surface area contributed by atoms with Gasteiger partial charge in [0.25, 0.3) is 0 Å². The number of carbonyl (C=O) groups is 1. The van der Waals surface area contributed by atoms with E-state index >= 15 is 0 Å². The number of carboxylic acid groups (broad SMARTS) is 1. The van der Waals surface area contributed by atoms with Gasteiger partial charge in [-0.05, 0) is 38.1 Å². The number of rotatable bonds is 1. The molecule has 0 spiro atoms. The average Bonchev–Trinajstić information content (AvgIpc) is 2.76. The molecule has 19 heavy (non-hydrogen) atoms. The average molecular weight is 276 g/mol. The second kappa shape index (κ2) is 6.51. The molecule has 1 atom stereocenters. The van der Waals surface area contributed by atoms with Crippen molar-refractivity contribution in [3.8, 4) is 0 Å². The number of hydrogen-bond donors (Lipinski definition) is 1. The second-order valence-corrected chi connectivity index (χ2v) is 4.23. The molecule has 0 amide bonds. The van der Waals surface area contributed by atoms with Crippen molar-refractivity contribution >= 4 is 5.97 Å². The van der Waals surface area contributed by atoms with E-state index in [2.05, 4.69) is 23.0 Å². The van der Waals surface area contributed by atoms with E-state index in [1.807, 2.05) is 18.5 Å². The molecule has 106 valence electrons. The fourth-order valence-electron chi connectivity index (χ4n) is 1.90. The summed E-state index contributed by atoms with van der Waals surface area (Å²) in [4.78, 5) is 15.4. The molecular formula is C12H15F3N2O2. The van der Waals surface area contributed by atoms with E-state index in [9.17, 15) is 13.2 Å². The summed E-state index contributed by atoms with van der Waals surface area (Å²) in [5.41, 5.74) is 1.36. The molecule has 2 heterocycles. The van der Waals surface area contributed by atoms with E-state index in [1.54, 1.807) is 0 Å². The molecule has 4 nitrogen and oxygen atoms in total. The lowest BCUT2D eigenvalue weighted by atomic mass is 10.1. The van der Waals surface area contributed by atoms with Crippen molar-refractivity contribution in [2.45, 2.75) is 25.1 Å². The van der Waals surface area contributed by atoms with Gasteiger partial charge in [0.15, 0.2) is 0 Å². The lowest BCUT2D eigenvalue weighted by Gasteiger charge is -2.18. The Bertz CT molecular complexity index is 409. The molecule has 7 heteroatoms. The number of halogens is 3. The maximum Gasteiger partial charge on any atom is 0.490 e. The van der Waals surface area contributed by atoms with E-state index in [1.165, 1.54) is 24.9 Å². The quantitative estimate of drug-likeness (QED) is 0.856. The zero-order chi connectivity index (χ0) is 14.5. The number of hydrogen-bond acceptors (Lipinski definition) is 3. The van der Waals surface area contributed by atoms with E-state index in [0.717, 1.165) is 0 Å². The Morgan fingerprint density at radius 1 is 1.53 bits per heavy atom. The summed E-state index contributed by atoms with van der Waals surface area (Å²) in [5.74, 6) is -2.76. The Morgan fingerprint density at radius 3 is 2.53 bits per heavy atom. The minimum Gasteiger partial charge on any atom is -0.475 e. The monoisotopic (exact) mass is 276 g/mol. The molecule has 1 saturated heterocycles. The highest BCUT2D eigenvalue weighted by Gasteiger charge is 2.38. The molecule has 2 rings (SSSR count). The van der Waals surface area contributed by atoms with Gasteiger partial charge in [-0.15, -0.1) is 0 Å². The number of aliphatic carboxylic acids is 1. The van der Waals surface area contributed by atoms with Gasteiger partial charge in [0.2, 0.25) is 0 Å². The third-order valence-electron chi connectivity index (χ3n) is 2.83. The fraction of sp³-hybridized carbons (Fsp3) is 0.500. The van der Waals surface area contributed by atoms with Gasteiger partial charge >= 0.3 is 12.1 Å². The SMILES string of the molecule is CN1CCCC1c1cccnc1.O=C(O)C(F)(F)F. The zero-order valence-electron chi connectivity index (χ0n) is 10.4. The third-order valence-corrected chi connectivity index (χ3v) is 2.83. The van der Waals surface area contributed by atoms with E-state index in [-0.39, 0.29) is 0 Å². The van der Waals surface area contributed by atoms with Gasteiger partial charge in [-0.3, -0.25) is 9.88 Å². The molecule has 1 aliphatic heterocycles. The van der Waals surface area contributed by atoms with Crippen molar-refractivity contribution < 1.29 is 23.1 Å². The van der Waals surface area contributed by atoms with Crippen LogP contribution in [0.3, 0.4) is 0 Å². The summed E-state index contributed by atoms with van der Waals surface area (Å²) < 4.78 is 31.7. The highest BCUT2D eigenvalue weighted by atomic mass is 19.4. The lowest BCUT2D eigenvalue weighted by molar-refractivity contribution is -0.192. The van der Waals surface area contributed by atoms with Crippen molar-refractivity contribution in [3.63, 3.8) is 0 Å². The van der Waals surface area contributed by atoms with Gasteiger partial charge in [0.05, 0.1) is 0 Å². The van der Waals surface area contributed by atoms with Crippen LogP contribution in [-0.4, -0.2) is 40.7 Å². The van der Waals surface area contributed by atoms with Crippen LogP contribution in [0.15, 0.2) is 24.5 Å². The number of nitrogens with zero attached hydrogens (tertiary/aromatic N) is 2. The summed E-state index contributed by atoms with van der Waals surface area (Å²) in [5, 5.41) is 7.12. The highest BCUT2D eigenvalue weighted by Crippen LogP contribution is 2.29. The van der Waals surface area contributed by atoms with Crippen LogP contribution in [0.4, 0.5) is 13.2 Å². The topological polar surface area (TPSA) is 53.4 Å². The van der Waals surface area contributed by atoms with Gasteiger partial charge in [-0.2, -0.15) is 13.2 Å². The number of likely N-dealkylation sites (tertiary alicyclic amines) is 1. The maximum absolute atomic E-state index is 10.6. The highest BCUT2D eigenvalue weighted by molar-refractivity contribution is 5.73. The molecule has 0 saturated carbocycles. The smallest absolute Gasteiger partial charge is 0.475 e. The molecule has 1 aromatic rings. The predicted octanol–water partition coefficient (Wildman–Crippen LogP) is 2.48. The molecule has 0 radical (unpaired) electrons. The predicted molar refractivity (Wildman–Crippen MR) is 62.5 cm³/mol. The molecule has 1 N–H and O–H groups in total. The molecule has 0 aliphatic carbocycles. The minimum atomic E-state index is -5.08. The molecular weight excluding hydrogens is 261 g/mol. The zero-order valence-corrected chi connectivity index (χ0v) is 10.4. The van der Waals surface area contributed by atoms with Crippen LogP contribution in [-0.2, 0) is 4.79 Å². The molecule has 1 unspecified atom stereocenters. The lowest BCUT2D eigenvalue weighted by Crippen LogP contribution is -2.21. The van der Waals surface area contributed by atoms with Crippen LogP contribution in [0.2, 0.25) is 0 Å². The maximum atomic E-state index is 10.6. The van der Waals surface area contributed by atoms with Crippen molar-refractivity contribution in [1.29, 1.82) is 0 Å². The van der Waals surface area contributed by atoms with Crippen LogP contribution in [0.5, 0.6) is 0 Å². The first-order valence-electron chi connectivity index (χ1n) is 5.72. The largest absolute Gasteiger partial charge is 0.490 e. The Morgan fingerprint density at radius 2 is 2.16 bits per heavy atom. The normalized spacial score (nSPS) is 19.7. The minimum absolute atomic E-state index is 0.610. The summed E-state index contributed by atoms with van der Waals surface area (Å²) in [7, 11) is 2.19. The summed E-state index contributed by atoms with van der Waals surface area (Å²) in [6.45, 7) is 1.22. The second-order valence-electron chi connectivity index (χ2n) is 4.23. The summed E-state index contributed by atoms with van der Waals surface area (Å²) in [6, 6.07) is 4.79. The first-order chi connectivity index (χ1) is 8.82. The summed E-state index contributed by atoms with van der Waals surface area (Å²) >= 11 is 0. The van der Waals surface area contributed by atoms with Gasteiger partial charge < -0.3 is 5.11 Å². The summed E-state index contributed by atoms with van der Waals surface area (Å²) in [6.07, 6.45) is 1.32. The first kappa shape index (κ1) is 15.4. The van der Waals surface area contributed by atoms with E-state index in [0.29, 0.717) is 6.04 Å². The Hall–Kier alpha value is -1.63. The number of pyridine rings is 1. The van der Waals surface area contributed by atoms with Crippen molar-refractivity contribution in [3.05, 3.63) is 30.1 Å². The van der Waals surface area contributed by atoms with Crippen LogP contribution >= 0.6 is 0 Å². The number of carboxylic acids is 1. The first-order valence-corrected chi connectivity index (χ1v) is 5.72. The Labute approximate surface area is 108 Å². The Kier molecular flexibility index (Phi) is 5.29.